The number of aliphatic carboxylic acids is 1. The van der Waals surface area contributed by atoms with E-state index in [1.165, 1.54) is 4.68 Å². The van der Waals surface area contributed by atoms with Crippen LogP contribution in [0.5, 0.6) is 0 Å². The Kier molecular flexibility index (Phi) is 2.40. The second-order valence-corrected chi connectivity index (χ2v) is 4.09. The van der Waals surface area contributed by atoms with Gasteiger partial charge in [0, 0.05) is 12.4 Å². The highest BCUT2D eigenvalue weighted by Crippen LogP contribution is 2.29. The van der Waals surface area contributed by atoms with E-state index in [-0.39, 0.29) is 5.41 Å². The number of aromatic nitrogens is 2. The zero-order chi connectivity index (χ0) is 10.1. The molecule has 0 spiro atoms. The molecule has 4 heteroatoms. The minimum absolute atomic E-state index is 0.335. The first-order chi connectivity index (χ1) is 5.93. The first kappa shape index (κ1) is 9.77. The fourth-order valence-electron chi connectivity index (χ4n) is 1.31. The van der Waals surface area contributed by atoms with E-state index in [9.17, 15) is 4.79 Å². The van der Waals surface area contributed by atoms with E-state index in [2.05, 4.69) is 5.10 Å². The number of hydrogen-bond donors (Lipinski definition) is 1. The molecule has 0 saturated heterocycles. The molecule has 0 aliphatic rings. The Morgan fingerprint density at radius 3 is 2.46 bits per heavy atom. The monoisotopic (exact) mass is 182 g/mol. The van der Waals surface area contributed by atoms with Gasteiger partial charge in [-0.1, -0.05) is 20.8 Å². The van der Waals surface area contributed by atoms with Crippen molar-refractivity contribution in [1.82, 2.24) is 9.78 Å². The highest BCUT2D eigenvalue weighted by Gasteiger charge is 2.32. The van der Waals surface area contributed by atoms with Crippen LogP contribution in [-0.4, -0.2) is 20.9 Å². The Hall–Kier alpha value is -1.32. The number of nitrogens with zero attached hydrogens (tertiary/aromatic N) is 2. The summed E-state index contributed by atoms with van der Waals surface area (Å²) in [5.74, 6) is -0.851. The van der Waals surface area contributed by atoms with Crippen molar-refractivity contribution in [3.05, 3.63) is 18.5 Å². The van der Waals surface area contributed by atoms with E-state index < -0.39 is 12.0 Å². The molecule has 0 saturated carbocycles. The molecule has 0 amide bonds. The zero-order valence-corrected chi connectivity index (χ0v) is 8.06. The fraction of sp³-hybridized carbons (Fsp3) is 0.556. The first-order valence-corrected chi connectivity index (χ1v) is 4.15. The molecule has 1 atom stereocenters. The Bertz CT molecular complexity index is 285. The maximum Gasteiger partial charge on any atom is 0.329 e. The van der Waals surface area contributed by atoms with Crippen LogP contribution >= 0.6 is 0 Å². The van der Waals surface area contributed by atoms with Crippen LogP contribution in [-0.2, 0) is 4.79 Å². The third kappa shape index (κ3) is 2.08. The molecule has 1 heterocycles. The summed E-state index contributed by atoms with van der Waals surface area (Å²) in [5.41, 5.74) is -0.335. The lowest BCUT2D eigenvalue weighted by atomic mass is 9.87. The highest BCUT2D eigenvalue weighted by molar-refractivity contribution is 5.72. The van der Waals surface area contributed by atoms with Crippen molar-refractivity contribution in [2.24, 2.45) is 5.41 Å². The molecule has 1 aromatic rings. The minimum atomic E-state index is -0.851. The van der Waals surface area contributed by atoms with Crippen LogP contribution in [0.15, 0.2) is 18.5 Å². The van der Waals surface area contributed by atoms with Crippen molar-refractivity contribution in [3.8, 4) is 0 Å². The van der Waals surface area contributed by atoms with Gasteiger partial charge in [0.25, 0.3) is 0 Å². The van der Waals surface area contributed by atoms with Crippen LogP contribution in [0, 0.1) is 5.41 Å². The molecular formula is C9H14N2O2. The number of carboxylic acid groups (broad SMARTS) is 1. The van der Waals surface area contributed by atoms with Crippen molar-refractivity contribution in [3.63, 3.8) is 0 Å². The topological polar surface area (TPSA) is 55.1 Å². The molecule has 0 aliphatic carbocycles. The molecular weight excluding hydrogens is 168 g/mol. The average molecular weight is 182 g/mol. The van der Waals surface area contributed by atoms with Crippen molar-refractivity contribution in [2.75, 3.05) is 0 Å². The number of carbonyl (C=O) groups is 1. The standard InChI is InChI=1S/C9H14N2O2/c1-9(2,3)7(8(12)13)11-6-4-5-10-11/h4-7H,1-3H3,(H,12,13)/t7-/m1/s1. The van der Waals surface area contributed by atoms with Crippen LogP contribution < -0.4 is 0 Å². The minimum Gasteiger partial charge on any atom is -0.480 e. The van der Waals surface area contributed by atoms with Gasteiger partial charge in [0.05, 0.1) is 0 Å². The smallest absolute Gasteiger partial charge is 0.329 e. The Balaban J connectivity index is 3.01. The van der Waals surface area contributed by atoms with E-state index in [0.29, 0.717) is 0 Å². The summed E-state index contributed by atoms with van der Waals surface area (Å²) in [6.45, 7) is 5.65. The molecule has 4 nitrogen and oxygen atoms in total. The zero-order valence-electron chi connectivity index (χ0n) is 8.06. The van der Waals surface area contributed by atoms with E-state index in [1.807, 2.05) is 20.8 Å². The average Bonchev–Trinajstić information content (AvgIpc) is 2.34. The third-order valence-corrected chi connectivity index (χ3v) is 1.84. The molecule has 0 unspecified atom stereocenters. The largest absolute Gasteiger partial charge is 0.480 e. The van der Waals surface area contributed by atoms with Gasteiger partial charge < -0.3 is 5.11 Å². The molecule has 0 aliphatic heterocycles. The second kappa shape index (κ2) is 3.20. The fourth-order valence-corrected chi connectivity index (χ4v) is 1.31. The van der Waals surface area contributed by atoms with Crippen molar-refractivity contribution in [2.45, 2.75) is 26.8 Å². The maximum atomic E-state index is 11.0. The summed E-state index contributed by atoms with van der Waals surface area (Å²) in [5, 5.41) is 13.0. The summed E-state index contributed by atoms with van der Waals surface area (Å²) in [6, 6.07) is 1.12. The summed E-state index contributed by atoms with van der Waals surface area (Å²) in [7, 11) is 0. The van der Waals surface area contributed by atoms with Crippen LogP contribution in [0.2, 0.25) is 0 Å². The molecule has 1 rings (SSSR count). The van der Waals surface area contributed by atoms with E-state index in [0.717, 1.165) is 0 Å². The van der Waals surface area contributed by atoms with Gasteiger partial charge in [0.1, 0.15) is 0 Å². The molecule has 0 radical (unpaired) electrons. The number of carboxylic acids is 1. The molecule has 0 bridgehead atoms. The normalized spacial score (nSPS) is 14.1. The summed E-state index contributed by atoms with van der Waals surface area (Å²) >= 11 is 0. The number of rotatable bonds is 2. The van der Waals surface area contributed by atoms with Crippen LogP contribution in [0.25, 0.3) is 0 Å². The van der Waals surface area contributed by atoms with E-state index in [4.69, 9.17) is 5.11 Å². The molecule has 1 aromatic heterocycles. The maximum absolute atomic E-state index is 11.0. The summed E-state index contributed by atoms with van der Waals surface area (Å²) in [6.07, 6.45) is 3.26. The van der Waals surface area contributed by atoms with Gasteiger partial charge in [-0.2, -0.15) is 5.10 Å². The third-order valence-electron chi connectivity index (χ3n) is 1.84. The predicted octanol–water partition coefficient (Wildman–Crippen LogP) is 1.55. The van der Waals surface area contributed by atoms with Gasteiger partial charge in [-0.15, -0.1) is 0 Å². The van der Waals surface area contributed by atoms with Gasteiger partial charge >= 0.3 is 5.97 Å². The van der Waals surface area contributed by atoms with Crippen molar-refractivity contribution < 1.29 is 9.90 Å². The molecule has 0 fully saturated rings. The van der Waals surface area contributed by atoms with Gasteiger partial charge in [-0.05, 0) is 11.5 Å². The SMILES string of the molecule is CC(C)(C)[C@@H](C(=O)O)n1cccn1. The second-order valence-electron chi connectivity index (χ2n) is 4.09. The summed E-state index contributed by atoms with van der Waals surface area (Å²) in [4.78, 5) is 11.0. The van der Waals surface area contributed by atoms with E-state index >= 15 is 0 Å². The Labute approximate surface area is 77.2 Å². The lowest BCUT2D eigenvalue weighted by molar-refractivity contribution is -0.144. The molecule has 1 N–H and O–H groups in total. The Morgan fingerprint density at radius 1 is 1.54 bits per heavy atom. The van der Waals surface area contributed by atoms with Crippen molar-refractivity contribution in [1.29, 1.82) is 0 Å². The molecule has 0 aromatic carbocycles. The van der Waals surface area contributed by atoms with Gasteiger partial charge in [0.2, 0.25) is 0 Å². The van der Waals surface area contributed by atoms with Crippen molar-refractivity contribution >= 4 is 5.97 Å². The molecule has 13 heavy (non-hydrogen) atoms. The lowest BCUT2D eigenvalue weighted by Gasteiger charge is -2.26. The van der Waals surface area contributed by atoms with Crippen LogP contribution in [0.4, 0.5) is 0 Å². The molecule has 72 valence electrons. The van der Waals surface area contributed by atoms with Gasteiger partial charge in [-0.3, -0.25) is 4.68 Å². The quantitative estimate of drug-likeness (QED) is 0.755. The summed E-state index contributed by atoms with van der Waals surface area (Å²) < 4.78 is 1.47. The van der Waals surface area contributed by atoms with Crippen LogP contribution in [0.1, 0.15) is 26.8 Å². The van der Waals surface area contributed by atoms with Gasteiger partial charge in [0.15, 0.2) is 6.04 Å². The lowest BCUT2D eigenvalue weighted by Crippen LogP contribution is -2.31. The predicted molar refractivity (Wildman–Crippen MR) is 48.4 cm³/mol. The number of hydrogen-bond acceptors (Lipinski definition) is 2. The highest BCUT2D eigenvalue weighted by atomic mass is 16.4. The van der Waals surface area contributed by atoms with E-state index in [1.54, 1.807) is 18.5 Å². The first-order valence-electron chi connectivity index (χ1n) is 4.15. The van der Waals surface area contributed by atoms with Gasteiger partial charge in [-0.25, -0.2) is 4.79 Å². The Morgan fingerprint density at radius 2 is 2.15 bits per heavy atom. The van der Waals surface area contributed by atoms with Crippen LogP contribution in [0.3, 0.4) is 0 Å².